The number of guanidine groups is 2. The Balaban J connectivity index is 1.52. The van der Waals surface area contributed by atoms with E-state index in [1.807, 2.05) is 53.4 Å². The normalized spacial score (nSPS) is 18.5. The van der Waals surface area contributed by atoms with Gasteiger partial charge in [0, 0.05) is 10.7 Å². The van der Waals surface area contributed by atoms with E-state index < -0.39 is 5.66 Å². The number of anilines is 1. The first-order chi connectivity index (χ1) is 13.6. The molecule has 4 N–H and O–H groups in total. The summed E-state index contributed by atoms with van der Waals surface area (Å²) in [5.41, 5.74) is 13.8. The predicted molar refractivity (Wildman–Crippen MR) is 114 cm³/mol. The number of benzene rings is 2. The van der Waals surface area contributed by atoms with Crippen LogP contribution in [0.15, 0.2) is 58.5 Å². The first kappa shape index (κ1) is 18.6. The van der Waals surface area contributed by atoms with E-state index in [0.717, 1.165) is 42.7 Å². The lowest BCUT2D eigenvalue weighted by molar-refractivity contribution is 0.303. The highest BCUT2D eigenvalue weighted by molar-refractivity contribution is 6.30. The first-order valence-electron chi connectivity index (χ1n) is 9.53. The Morgan fingerprint density at radius 2 is 1.64 bits per heavy atom. The van der Waals surface area contributed by atoms with Crippen molar-refractivity contribution in [2.75, 3.05) is 4.90 Å². The summed E-state index contributed by atoms with van der Waals surface area (Å²) >= 11 is 5.92. The Hall–Kier alpha value is -2.73. The highest BCUT2D eigenvalue weighted by Gasteiger charge is 2.42. The van der Waals surface area contributed by atoms with Gasteiger partial charge in [0.15, 0.2) is 0 Å². The third-order valence-electron chi connectivity index (χ3n) is 5.27. The van der Waals surface area contributed by atoms with Crippen LogP contribution < -0.4 is 21.1 Å². The first-order valence-corrected chi connectivity index (χ1v) is 9.91. The second-order valence-corrected chi connectivity index (χ2v) is 7.66. The van der Waals surface area contributed by atoms with E-state index >= 15 is 0 Å². The summed E-state index contributed by atoms with van der Waals surface area (Å²) in [4.78, 5) is 10.9. The van der Waals surface area contributed by atoms with Crippen LogP contribution >= 0.6 is 11.6 Å². The summed E-state index contributed by atoms with van der Waals surface area (Å²) in [6.45, 7) is 0.481. The largest absolute Gasteiger partial charge is 0.489 e. The quantitative estimate of drug-likeness (QED) is 0.815. The van der Waals surface area contributed by atoms with Crippen molar-refractivity contribution in [1.29, 1.82) is 0 Å². The van der Waals surface area contributed by atoms with Gasteiger partial charge >= 0.3 is 0 Å². The minimum Gasteiger partial charge on any atom is -0.489 e. The summed E-state index contributed by atoms with van der Waals surface area (Å²) in [6.07, 6.45) is 5.24. The van der Waals surface area contributed by atoms with Gasteiger partial charge < -0.3 is 16.2 Å². The second kappa shape index (κ2) is 7.72. The fourth-order valence-corrected chi connectivity index (χ4v) is 4.06. The SMILES string of the molecule is NC1=NC2(CCCCC2)N(c2ccc(OCc3ccc(Cl)cc3)cc2)C(N)=N1. The molecule has 1 heterocycles. The van der Waals surface area contributed by atoms with Gasteiger partial charge in [0.05, 0.1) is 0 Å². The van der Waals surface area contributed by atoms with E-state index in [9.17, 15) is 0 Å². The molecule has 1 aliphatic heterocycles. The van der Waals surface area contributed by atoms with Gasteiger partial charge in [0.25, 0.3) is 0 Å². The maximum absolute atomic E-state index is 6.26. The third kappa shape index (κ3) is 3.78. The summed E-state index contributed by atoms with van der Waals surface area (Å²) < 4.78 is 5.88. The van der Waals surface area contributed by atoms with Crippen LogP contribution in [0.2, 0.25) is 5.02 Å². The van der Waals surface area contributed by atoms with Crippen molar-refractivity contribution in [2.45, 2.75) is 44.4 Å². The highest BCUT2D eigenvalue weighted by atomic mass is 35.5. The Kier molecular flexibility index (Phi) is 5.13. The number of hydrogen-bond donors (Lipinski definition) is 2. The molecule has 1 aliphatic carbocycles. The van der Waals surface area contributed by atoms with Gasteiger partial charge in [0.1, 0.15) is 18.0 Å². The fraction of sp³-hybridized carbons (Fsp3) is 0.333. The van der Waals surface area contributed by atoms with Crippen LogP contribution in [0.5, 0.6) is 5.75 Å². The van der Waals surface area contributed by atoms with E-state index in [0.29, 0.717) is 17.6 Å². The van der Waals surface area contributed by atoms with Crippen LogP contribution in [0.25, 0.3) is 0 Å². The van der Waals surface area contributed by atoms with Crippen LogP contribution in [-0.2, 0) is 6.61 Å². The Labute approximate surface area is 169 Å². The molecule has 0 saturated heterocycles. The molecule has 0 amide bonds. The number of nitrogens with zero attached hydrogens (tertiary/aromatic N) is 3. The zero-order valence-corrected chi connectivity index (χ0v) is 16.4. The van der Waals surface area contributed by atoms with Gasteiger partial charge in [-0.25, -0.2) is 4.99 Å². The molecular weight excluding hydrogens is 374 g/mol. The molecular formula is C21H24ClN5O. The van der Waals surface area contributed by atoms with Gasteiger partial charge in [-0.1, -0.05) is 30.2 Å². The van der Waals surface area contributed by atoms with E-state index in [-0.39, 0.29) is 5.96 Å². The van der Waals surface area contributed by atoms with Gasteiger partial charge in [-0.15, -0.1) is 0 Å². The molecule has 1 fully saturated rings. The number of halogens is 1. The number of ether oxygens (including phenoxy) is 1. The number of hydrogen-bond acceptors (Lipinski definition) is 6. The molecule has 0 aromatic heterocycles. The average molecular weight is 398 g/mol. The molecule has 146 valence electrons. The van der Waals surface area contributed by atoms with E-state index in [4.69, 9.17) is 32.8 Å². The summed E-state index contributed by atoms with van der Waals surface area (Å²) in [6, 6.07) is 15.5. The minimum absolute atomic E-state index is 0.263. The van der Waals surface area contributed by atoms with Crippen molar-refractivity contribution < 1.29 is 4.74 Å². The van der Waals surface area contributed by atoms with Crippen LogP contribution in [-0.4, -0.2) is 17.6 Å². The standard InChI is InChI=1S/C21H24ClN5O/c22-16-6-4-15(5-7-16)14-28-18-10-8-17(9-11-18)27-20(24)25-19(23)26-21(27)12-2-1-3-13-21/h4-11H,1-3,12-14H2,(H4,23,24,25,26). The second-order valence-electron chi connectivity index (χ2n) is 7.23. The molecule has 1 saturated carbocycles. The molecule has 0 atom stereocenters. The lowest BCUT2D eigenvalue weighted by atomic mass is 9.87. The molecule has 28 heavy (non-hydrogen) atoms. The smallest absolute Gasteiger partial charge is 0.220 e. The van der Waals surface area contributed by atoms with Crippen LogP contribution in [0, 0.1) is 0 Å². The van der Waals surface area contributed by atoms with E-state index in [1.54, 1.807) is 0 Å². The molecule has 0 radical (unpaired) electrons. The zero-order valence-electron chi connectivity index (χ0n) is 15.6. The third-order valence-corrected chi connectivity index (χ3v) is 5.52. The number of nitrogens with two attached hydrogens (primary N) is 2. The predicted octanol–water partition coefficient (Wildman–Crippen LogP) is 4.03. The van der Waals surface area contributed by atoms with E-state index in [2.05, 4.69) is 4.99 Å². The van der Waals surface area contributed by atoms with Crippen molar-refractivity contribution in [3.63, 3.8) is 0 Å². The lowest BCUT2D eigenvalue weighted by Gasteiger charge is -2.45. The molecule has 0 bridgehead atoms. The molecule has 6 nitrogen and oxygen atoms in total. The van der Waals surface area contributed by atoms with Crippen molar-refractivity contribution in [3.05, 3.63) is 59.1 Å². The Bertz CT molecular complexity index is 886. The minimum atomic E-state index is -0.431. The molecule has 2 aliphatic rings. The van der Waals surface area contributed by atoms with Crippen LogP contribution in [0.3, 0.4) is 0 Å². The van der Waals surface area contributed by atoms with Gasteiger partial charge in [-0.2, -0.15) is 4.99 Å². The van der Waals surface area contributed by atoms with Crippen molar-refractivity contribution in [1.82, 2.24) is 0 Å². The molecule has 2 aromatic carbocycles. The number of aliphatic imine (C=N–C) groups is 2. The molecule has 2 aromatic rings. The Morgan fingerprint density at radius 1 is 0.964 bits per heavy atom. The monoisotopic (exact) mass is 397 g/mol. The average Bonchev–Trinajstić information content (AvgIpc) is 2.68. The summed E-state index contributed by atoms with van der Waals surface area (Å²) in [7, 11) is 0. The topological polar surface area (TPSA) is 89.2 Å². The van der Waals surface area contributed by atoms with Crippen LogP contribution in [0.4, 0.5) is 5.69 Å². The maximum atomic E-state index is 6.26. The maximum Gasteiger partial charge on any atom is 0.220 e. The van der Waals surface area contributed by atoms with Gasteiger partial charge in [-0.05, 0) is 67.6 Å². The zero-order chi connectivity index (χ0) is 19.6. The lowest BCUT2D eigenvalue weighted by Crippen LogP contribution is -2.58. The summed E-state index contributed by atoms with van der Waals surface area (Å²) in [5.74, 6) is 1.44. The highest BCUT2D eigenvalue weighted by Crippen LogP contribution is 2.39. The number of rotatable bonds is 4. The van der Waals surface area contributed by atoms with Gasteiger partial charge in [-0.3, -0.25) is 4.90 Å². The Morgan fingerprint density at radius 3 is 2.32 bits per heavy atom. The summed E-state index contributed by atoms with van der Waals surface area (Å²) in [5, 5.41) is 0.717. The van der Waals surface area contributed by atoms with Crippen LogP contribution in [0.1, 0.15) is 37.7 Å². The molecule has 1 spiro atoms. The van der Waals surface area contributed by atoms with Crippen molar-refractivity contribution >= 4 is 29.2 Å². The fourth-order valence-electron chi connectivity index (χ4n) is 3.93. The van der Waals surface area contributed by atoms with Crippen molar-refractivity contribution in [2.24, 2.45) is 21.5 Å². The van der Waals surface area contributed by atoms with E-state index in [1.165, 1.54) is 6.42 Å². The molecule has 7 heteroatoms. The van der Waals surface area contributed by atoms with Crippen molar-refractivity contribution in [3.8, 4) is 5.75 Å². The molecule has 0 unspecified atom stereocenters. The molecule has 4 rings (SSSR count). The van der Waals surface area contributed by atoms with Gasteiger partial charge in [0.2, 0.25) is 11.9 Å².